The van der Waals surface area contributed by atoms with Gasteiger partial charge in [0.05, 0.1) is 22.7 Å². The third-order valence-corrected chi connectivity index (χ3v) is 4.44. The fourth-order valence-corrected chi connectivity index (χ4v) is 3.23. The smallest absolute Gasteiger partial charge is 0.120 e. The lowest BCUT2D eigenvalue weighted by Gasteiger charge is -2.18. The Balaban J connectivity index is 1.89. The number of benzene rings is 1. The molecule has 1 aromatic carbocycles. The lowest BCUT2D eigenvalue weighted by Crippen LogP contribution is -2.22. The highest BCUT2D eigenvalue weighted by atomic mass is 32.1. The topological polar surface area (TPSA) is 47.0 Å². The summed E-state index contributed by atoms with van der Waals surface area (Å²) in [5, 5.41) is 7.79. The second-order valence-electron chi connectivity index (χ2n) is 5.32. The van der Waals surface area contributed by atoms with Gasteiger partial charge in [-0.05, 0) is 55.0 Å². The van der Waals surface area contributed by atoms with Gasteiger partial charge in [0, 0.05) is 0 Å². The number of hydrogen-bond acceptors (Lipinski definition) is 5. The Hall–Kier alpha value is -1.46. The van der Waals surface area contributed by atoms with Crippen molar-refractivity contribution in [2.24, 2.45) is 0 Å². The normalized spacial score (nSPS) is 15.9. The number of ether oxygens (including phenoxy) is 1. The molecule has 1 aromatic heterocycles. The molecule has 0 radical (unpaired) electrons. The van der Waals surface area contributed by atoms with Crippen molar-refractivity contribution in [3.63, 3.8) is 0 Å². The zero-order valence-corrected chi connectivity index (χ0v) is 13.3. The van der Waals surface area contributed by atoms with Crippen molar-refractivity contribution in [3.05, 3.63) is 40.4 Å². The molecule has 1 aliphatic carbocycles. The van der Waals surface area contributed by atoms with Gasteiger partial charge in [-0.25, -0.2) is 0 Å². The van der Waals surface area contributed by atoms with Crippen molar-refractivity contribution in [1.29, 1.82) is 0 Å². The van der Waals surface area contributed by atoms with Crippen LogP contribution in [-0.4, -0.2) is 22.2 Å². The van der Waals surface area contributed by atoms with E-state index in [1.807, 2.05) is 6.07 Å². The number of nitrogens with zero attached hydrogens (tertiary/aromatic N) is 2. The Morgan fingerprint density at radius 2 is 2.24 bits per heavy atom. The fourth-order valence-electron chi connectivity index (χ4n) is 2.39. The van der Waals surface area contributed by atoms with Gasteiger partial charge in [-0.2, -0.15) is 0 Å². The maximum atomic E-state index is 5.91. The summed E-state index contributed by atoms with van der Waals surface area (Å²) in [7, 11) is 0. The van der Waals surface area contributed by atoms with E-state index in [2.05, 4.69) is 47.0 Å². The average Bonchev–Trinajstić information content (AvgIpc) is 3.19. The average molecular weight is 303 g/mol. The van der Waals surface area contributed by atoms with E-state index in [9.17, 15) is 0 Å². The van der Waals surface area contributed by atoms with Gasteiger partial charge >= 0.3 is 0 Å². The third-order valence-electron chi connectivity index (χ3n) is 3.61. The van der Waals surface area contributed by atoms with E-state index in [1.165, 1.54) is 34.8 Å². The van der Waals surface area contributed by atoms with E-state index in [1.54, 1.807) is 0 Å². The van der Waals surface area contributed by atoms with Gasteiger partial charge < -0.3 is 10.1 Å². The minimum Gasteiger partial charge on any atom is -0.490 e. The molecule has 112 valence electrons. The molecule has 0 spiro atoms. The van der Waals surface area contributed by atoms with Gasteiger partial charge in [0.2, 0.25) is 0 Å². The molecule has 0 bridgehead atoms. The van der Waals surface area contributed by atoms with Gasteiger partial charge in [-0.15, -0.1) is 5.10 Å². The summed E-state index contributed by atoms with van der Waals surface area (Å²) in [6.07, 6.45) is 3.69. The quantitative estimate of drug-likeness (QED) is 0.852. The summed E-state index contributed by atoms with van der Waals surface area (Å²) in [5.74, 6) is 0.966. The van der Waals surface area contributed by atoms with Crippen molar-refractivity contribution in [1.82, 2.24) is 14.9 Å². The highest BCUT2D eigenvalue weighted by Gasteiger charge is 2.24. The number of aryl methyl sites for hydroxylation is 1. The molecule has 3 rings (SSSR count). The van der Waals surface area contributed by atoms with Gasteiger partial charge in [-0.3, -0.25) is 0 Å². The van der Waals surface area contributed by atoms with Crippen LogP contribution >= 0.6 is 11.5 Å². The van der Waals surface area contributed by atoms with E-state index in [0.717, 1.165) is 24.4 Å². The van der Waals surface area contributed by atoms with E-state index < -0.39 is 0 Å². The summed E-state index contributed by atoms with van der Waals surface area (Å²) >= 11 is 1.48. The third kappa shape index (κ3) is 3.41. The monoisotopic (exact) mass is 303 g/mol. The summed E-state index contributed by atoms with van der Waals surface area (Å²) < 4.78 is 10.0. The van der Waals surface area contributed by atoms with Crippen LogP contribution in [0.25, 0.3) is 0 Å². The van der Waals surface area contributed by atoms with Crippen LogP contribution < -0.4 is 10.1 Å². The van der Waals surface area contributed by atoms with Gasteiger partial charge in [0.15, 0.2) is 0 Å². The summed E-state index contributed by atoms with van der Waals surface area (Å²) in [4.78, 5) is 1.21. The van der Waals surface area contributed by atoms with Crippen LogP contribution in [-0.2, 0) is 6.42 Å². The van der Waals surface area contributed by atoms with E-state index in [-0.39, 0.29) is 6.04 Å². The maximum Gasteiger partial charge on any atom is 0.120 e. The molecular formula is C16H21N3OS. The molecule has 1 atom stereocenters. The first-order chi connectivity index (χ1) is 10.3. The molecule has 0 amide bonds. The minimum absolute atomic E-state index is 0.146. The minimum atomic E-state index is 0.146. The lowest BCUT2D eigenvalue weighted by molar-refractivity contribution is 0.302. The second kappa shape index (κ2) is 6.54. The Bertz CT molecular complexity index is 595. The lowest BCUT2D eigenvalue weighted by atomic mass is 10.0. The second-order valence-corrected chi connectivity index (χ2v) is 6.10. The van der Waals surface area contributed by atoms with Gasteiger partial charge in [0.1, 0.15) is 5.75 Å². The van der Waals surface area contributed by atoms with Crippen molar-refractivity contribution in [2.45, 2.75) is 45.3 Å². The molecule has 1 unspecified atom stereocenters. The Labute approximate surface area is 129 Å². The molecule has 1 saturated carbocycles. The molecule has 0 aliphatic heterocycles. The Kier molecular flexibility index (Phi) is 4.51. The van der Waals surface area contributed by atoms with Crippen molar-refractivity contribution < 1.29 is 4.74 Å². The summed E-state index contributed by atoms with van der Waals surface area (Å²) in [5.41, 5.74) is 2.30. The number of hydrogen-bond donors (Lipinski definition) is 1. The number of aromatic nitrogens is 2. The predicted octanol–water partition coefficient (Wildman–Crippen LogP) is 3.34. The van der Waals surface area contributed by atoms with Gasteiger partial charge in [-0.1, -0.05) is 30.5 Å². The van der Waals surface area contributed by atoms with Crippen LogP contribution in [0.1, 0.15) is 48.9 Å². The SMILES string of the molecule is CCNC(c1cccc(OC2CC2)c1)c1snnc1CC. The Morgan fingerprint density at radius 3 is 2.95 bits per heavy atom. The van der Waals surface area contributed by atoms with Crippen LogP contribution in [0.4, 0.5) is 0 Å². The molecule has 5 heteroatoms. The van der Waals surface area contributed by atoms with Crippen molar-refractivity contribution in [2.75, 3.05) is 6.54 Å². The molecule has 4 nitrogen and oxygen atoms in total. The molecular weight excluding hydrogens is 282 g/mol. The first-order valence-corrected chi connectivity index (χ1v) is 8.40. The van der Waals surface area contributed by atoms with Crippen LogP contribution in [0.5, 0.6) is 5.75 Å². The summed E-state index contributed by atoms with van der Waals surface area (Å²) in [6.45, 7) is 5.15. The largest absolute Gasteiger partial charge is 0.490 e. The first-order valence-electron chi connectivity index (χ1n) is 7.63. The highest BCUT2D eigenvalue weighted by molar-refractivity contribution is 7.05. The maximum absolute atomic E-state index is 5.91. The van der Waals surface area contributed by atoms with Crippen molar-refractivity contribution >= 4 is 11.5 Å². The van der Waals surface area contributed by atoms with E-state index in [0.29, 0.717) is 6.10 Å². The molecule has 2 aromatic rings. The van der Waals surface area contributed by atoms with Crippen LogP contribution in [0.3, 0.4) is 0 Å². The van der Waals surface area contributed by atoms with Crippen molar-refractivity contribution in [3.8, 4) is 5.75 Å². The highest BCUT2D eigenvalue weighted by Crippen LogP contribution is 2.32. The zero-order chi connectivity index (χ0) is 14.7. The van der Waals surface area contributed by atoms with Crippen LogP contribution in [0, 0.1) is 0 Å². The predicted molar refractivity (Wildman–Crippen MR) is 84.9 cm³/mol. The van der Waals surface area contributed by atoms with E-state index >= 15 is 0 Å². The van der Waals surface area contributed by atoms with Gasteiger partial charge in [0.25, 0.3) is 0 Å². The fraction of sp³-hybridized carbons (Fsp3) is 0.500. The molecule has 1 aliphatic rings. The molecule has 0 saturated heterocycles. The first kappa shape index (κ1) is 14.5. The molecule has 1 fully saturated rings. The van der Waals surface area contributed by atoms with Crippen LogP contribution in [0.2, 0.25) is 0 Å². The molecule has 1 heterocycles. The Morgan fingerprint density at radius 1 is 1.38 bits per heavy atom. The standard InChI is InChI=1S/C16H21N3OS/c1-3-14-16(21-19-18-14)15(17-4-2)11-6-5-7-13(10-11)20-12-8-9-12/h5-7,10,12,15,17H,3-4,8-9H2,1-2H3. The van der Waals surface area contributed by atoms with E-state index in [4.69, 9.17) is 4.74 Å². The molecule has 21 heavy (non-hydrogen) atoms. The zero-order valence-electron chi connectivity index (χ0n) is 12.5. The summed E-state index contributed by atoms with van der Waals surface area (Å²) in [6, 6.07) is 8.54. The molecule has 1 N–H and O–H groups in total. The number of rotatable bonds is 7. The number of nitrogens with one attached hydrogen (secondary N) is 1. The van der Waals surface area contributed by atoms with Crippen LogP contribution in [0.15, 0.2) is 24.3 Å².